The lowest BCUT2D eigenvalue weighted by molar-refractivity contribution is 0.0719. The highest BCUT2D eigenvalue weighted by Crippen LogP contribution is 2.37. The molecule has 0 radical (unpaired) electrons. The molecule has 13 heteroatoms. The van der Waals surface area contributed by atoms with Gasteiger partial charge in [0, 0.05) is 36.3 Å². The van der Waals surface area contributed by atoms with Crippen LogP contribution in [0.4, 0.5) is 15.9 Å². The molecule has 38 heavy (non-hydrogen) atoms. The van der Waals surface area contributed by atoms with Crippen molar-refractivity contribution in [1.82, 2.24) is 19.0 Å². The molecular weight excluding hydrogens is 537 g/mol. The third-order valence-electron chi connectivity index (χ3n) is 6.70. The SMILES string of the molecule is COc1cc2ncnc(Nc3ccc(F)c(Cl)c3)c2cc1O[C@H]1CC[C@H](NS(=O)(=O)N2CCOCC2)CC1. The Labute approximate surface area is 225 Å². The Morgan fingerprint density at radius 3 is 2.55 bits per heavy atom. The molecule has 1 saturated heterocycles. The number of aromatic nitrogens is 2. The third-order valence-corrected chi connectivity index (χ3v) is 8.66. The zero-order valence-corrected chi connectivity index (χ0v) is 22.4. The van der Waals surface area contributed by atoms with Gasteiger partial charge in [0.2, 0.25) is 0 Å². The molecule has 1 aliphatic carbocycles. The van der Waals surface area contributed by atoms with E-state index in [1.807, 2.05) is 6.07 Å². The molecule has 0 atom stereocenters. The number of nitrogens with one attached hydrogen (secondary N) is 2. The highest BCUT2D eigenvalue weighted by atomic mass is 35.5. The lowest BCUT2D eigenvalue weighted by Gasteiger charge is -2.32. The van der Waals surface area contributed by atoms with Crippen LogP contribution in [0.1, 0.15) is 25.7 Å². The molecule has 2 fully saturated rings. The van der Waals surface area contributed by atoms with Crippen LogP contribution in [0, 0.1) is 5.82 Å². The fourth-order valence-corrected chi connectivity index (χ4v) is 6.29. The van der Waals surface area contributed by atoms with Crippen molar-refractivity contribution in [2.45, 2.75) is 37.8 Å². The number of hydrogen-bond donors (Lipinski definition) is 2. The molecule has 2 heterocycles. The first-order valence-corrected chi connectivity index (χ1v) is 14.2. The van der Waals surface area contributed by atoms with E-state index in [0.717, 1.165) is 0 Å². The van der Waals surface area contributed by atoms with Crippen LogP contribution < -0.4 is 19.5 Å². The van der Waals surface area contributed by atoms with E-state index in [-0.39, 0.29) is 17.2 Å². The Kier molecular flexibility index (Phi) is 8.15. The Morgan fingerprint density at radius 1 is 1.08 bits per heavy atom. The molecule has 1 saturated carbocycles. The van der Waals surface area contributed by atoms with Gasteiger partial charge in [-0.15, -0.1) is 0 Å². The maximum atomic E-state index is 13.6. The van der Waals surface area contributed by atoms with E-state index in [1.165, 1.54) is 22.8 Å². The van der Waals surface area contributed by atoms with Gasteiger partial charge in [0.25, 0.3) is 10.2 Å². The molecule has 2 N–H and O–H groups in total. The van der Waals surface area contributed by atoms with Gasteiger partial charge >= 0.3 is 0 Å². The first-order chi connectivity index (χ1) is 18.3. The van der Waals surface area contributed by atoms with Crippen molar-refractivity contribution in [2.75, 3.05) is 38.7 Å². The van der Waals surface area contributed by atoms with Gasteiger partial charge in [-0.2, -0.15) is 17.4 Å². The predicted octanol–water partition coefficient (Wildman–Crippen LogP) is 4.03. The van der Waals surface area contributed by atoms with Crippen molar-refractivity contribution in [3.05, 3.63) is 47.5 Å². The van der Waals surface area contributed by atoms with Gasteiger partial charge < -0.3 is 19.5 Å². The molecule has 0 unspecified atom stereocenters. The molecule has 5 rings (SSSR count). The summed E-state index contributed by atoms with van der Waals surface area (Å²) >= 11 is 5.93. The Balaban J connectivity index is 1.28. The Morgan fingerprint density at radius 2 is 1.84 bits per heavy atom. The number of nitrogens with zero attached hydrogens (tertiary/aromatic N) is 3. The molecule has 1 aromatic heterocycles. The first kappa shape index (κ1) is 26.8. The van der Waals surface area contributed by atoms with Crippen molar-refractivity contribution in [2.24, 2.45) is 0 Å². The highest BCUT2D eigenvalue weighted by Gasteiger charge is 2.30. The van der Waals surface area contributed by atoms with Gasteiger partial charge in [-0.25, -0.2) is 14.4 Å². The van der Waals surface area contributed by atoms with Gasteiger partial charge in [-0.05, 0) is 49.9 Å². The largest absolute Gasteiger partial charge is 0.493 e. The highest BCUT2D eigenvalue weighted by molar-refractivity contribution is 7.87. The number of morpholine rings is 1. The summed E-state index contributed by atoms with van der Waals surface area (Å²) < 4.78 is 60.4. The van der Waals surface area contributed by atoms with Crippen LogP contribution in [-0.4, -0.2) is 68.2 Å². The van der Waals surface area contributed by atoms with Gasteiger partial charge in [-0.1, -0.05) is 11.6 Å². The second kappa shape index (κ2) is 11.5. The van der Waals surface area contributed by atoms with E-state index in [9.17, 15) is 12.8 Å². The second-order valence-electron chi connectivity index (χ2n) is 9.22. The molecular formula is C25H29ClFN5O5S. The van der Waals surface area contributed by atoms with Crippen molar-refractivity contribution in [3.8, 4) is 11.5 Å². The molecule has 204 valence electrons. The van der Waals surface area contributed by atoms with E-state index >= 15 is 0 Å². The number of methoxy groups -OCH3 is 1. The summed E-state index contributed by atoms with van der Waals surface area (Å²) in [6.45, 7) is 1.55. The zero-order chi connectivity index (χ0) is 26.7. The summed E-state index contributed by atoms with van der Waals surface area (Å²) in [4.78, 5) is 8.69. The van der Waals surface area contributed by atoms with Crippen LogP contribution in [0.15, 0.2) is 36.7 Å². The minimum atomic E-state index is -3.54. The standard InChI is InChI=1S/C25H29ClFN5O5S/c1-35-23-14-22-19(25(29-15-28-22)30-17-4-7-21(27)20(26)12-17)13-24(23)37-18-5-2-16(3-6-18)31-38(33,34)32-8-10-36-11-9-32/h4,7,12-16,18,31H,2-3,5-6,8-11H2,1H3,(H,28,29,30)/t16-,18-. The van der Waals surface area contributed by atoms with Crippen LogP contribution in [0.3, 0.4) is 0 Å². The normalized spacial score (nSPS) is 20.8. The van der Waals surface area contributed by atoms with Gasteiger partial charge in [-0.3, -0.25) is 0 Å². The zero-order valence-electron chi connectivity index (χ0n) is 20.8. The van der Waals surface area contributed by atoms with Gasteiger partial charge in [0.15, 0.2) is 11.5 Å². The number of halogens is 2. The number of fused-ring (bicyclic) bond motifs is 1. The average Bonchev–Trinajstić information content (AvgIpc) is 2.92. The molecule has 0 spiro atoms. The molecule has 2 aromatic carbocycles. The smallest absolute Gasteiger partial charge is 0.279 e. The van der Waals surface area contributed by atoms with E-state index in [4.69, 9.17) is 25.8 Å². The summed E-state index contributed by atoms with van der Waals surface area (Å²) in [5.74, 6) is 1.06. The van der Waals surface area contributed by atoms with Crippen molar-refractivity contribution in [3.63, 3.8) is 0 Å². The quantitative estimate of drug-likeness (QED) is 0.421. The topological polar surface area (TPSA) is 115 Å². The number of anilines is 2. The Bertz CT molecular complexity index is 1400. The van der Waals surface area contributed by atoms with Crippen LogP contribution in [-0.2, 0) is 14.9 Å². The van der Waals surface area contributed by atoms with E-state index in [1.54, 1.807) is 19.2 Å². The van der Waals surface area contributed by atoms with Gasteiger partial charge in [0.05, 0.1) is 37.0 Å². The van der Waals surface area contributed by atoms with Gasteiger partial charge in [0.1, 0.15) is 18.0 Å². The predicted molar refractivity (Wildman–Crippen MR) is 142 cm³/mol. The summed E-state index contributed by atoms with van der Waals surface area (Å²) in [6, 6.07) is 7.78. The molecule has 0 bridgehead atoms. The Hall–Kier alpha value is -2.77. The molecule has 2 aliphatic rings. The number of benzene rings is 2. The summed E-state index contributed by atoms with van der Waals surface area (Å²) in [6.07, 6.45) is 4.00. The van der Waals surface area contributed by atoms with E-state index in [2.05, 4.69) is 20.0 Å². The summed E-state index contributed by atoms with van der Waals surface area (Å²) in [5, 5.41) is 3.85. The van der Waals surface area contributed by atoms with Crippen molar-refractivity contribution < 1.29 is 27.0 Å². The van der Waals surface area contributed by atoms with E-state index in [0.29, 0.717) is 85.9 Å². The van der Waals surface area contributed by atoms with Crippen LogP contribution >= 0.6 is 11.6 Å². The molecule has 1 aliphatic heterocycles. The van der Waals surface area contributed by atoms with Crippen LogP contribution in [0.25, 0.3) is 10.9 Å². The summed E-state index contributed by atoms with van der Waals surface area (Å²) in [5.41, 5.74) is 1.22. The van der Waals surface area contributed by atoms with Crippen molar-refractivity contribution >= 4 is 44.2 Å². The van der Waals surface area contributed by atoms with E-state index < -0.39 is 16.0 Å². The third kappa shape index (κ3) is 6.10. The first-order valence-electron chi connectivity index (χ1n) is 12.4. The lowest BCUT2D eigenvalue weighted by atomic mass is 9.93. The lowest BCUT2D eigenvalue weighted by Crippen LogP contribution is -2.50. The molecule has 10 nitrogen and oxygen atoms in total. The second-order valence-corrected chi connectivity index (χ2v) is 11.3. The number of hydrogen-bond acceptors (Lipinski definition) is 8. The fourth-order valence-electron chi connectivity index (χ4n) is 4.68. The fraction of sp³-hybridized carbons (Fsp3) is 0.440. The summed E-state index contributed by atoms with van der Waals surface area (Å²) in [7, 11) is -1.98. The van der Waals surface area contributed by atoms with Crippen LogP contribution in [0.2, 0.25) is 5.02 Å². The number of rotatable bonds is 8. The van der Waals surface area contributed by atoms with Crippen molar-refractivity contribution in [1.29, 1.82) is 0 Å². The van der Waals surface area contributed by atoms with Crippen LogP contribution in [0.5, 0.6) is 11.5 Å². The maximum absolute atomic E-state index is 13.6. The molecule has 0 amide bonds. The average molecular weight is 566 g/mol. The number of ether oxygens (including phenoxy) is 3. The molecule has 3 aromatic rings. The minimum absolute atomic E-state index is 0.00175. The minimum Gasteiger partial charge on any atom is -0.493 e. The monoisotopic (exact) mass is 565 g/mol. The maximum Gasteiger partial charge on any atom is 0.279 e.